The summed E-state index contributed by atoms with van der Waals surface area (Å²) in [4.78, 5) is 4.85. The van der Waals surface area contributed by atoms with Crippen molar-refractivity contribution in [1.82, 2.24) is 10.2 Å². The van der Waals surface area contributed by atoms with E-state index in [1.165, 1.54) is 36.3 Å². The van der Waals surface area contributed by atoms with E-state index in [-0.39, 0.29) is 0 Å². The Morgan fingerprint density at radius 1 is 1.38 bits per heavy atom. The van der Waals surface area contributed by atoms with Crippen LogP contribution in [-0.4, -0.2) is 44.7 Å². The Kier molecular flexibility index (Phi) is 5.65. The number of hydrogen-bond donors (Lipinski definition) is 1. The summed E-state index contributed by atoms with van der Waals surface area (Å²) in [6, 6.07) is 7.40. The van der Waals surface area contributed by atoms with Crippen molar-refractivity contribution in [3.63, 3.8) is 0 Å². The van der Waals surface area contributed by atoms with Crippen LogP contribution in [0.3, 0.4) is 0 Å². The van der Waals surface area contributed by atoms with Gasteiger partial charge >= 0.3 is 0 Å². The maximum absolute atomic E-state index is 3.50. The first-order chi connectivity index (χ1) is 9.95. The SMILES string of the molecule is Cc1cc(N(C)CC2CCN(C)C2)ccc1CNC(C)C. The van der Waals surface area contributed by atoms with Gasteiger partial charge in [0.25, 0.3) is 0 Å². The Labute approximate surface area is 130 Å². The molecule has 2 rings (SSSR count). The molecule has 1 unspecified atom stereocenters. The van der Waals surface area contributed by atoms with Gasteiger partial charge in [-0.05, 0) is 56.1 Å². The number of hydrogen-bond acceptors (Lipinski definition) is 3. The molecule has 0 amide bonds. The summed E-state index contributed by atoms with van der Waals surface area (Å²) < 4.78 is 0. The molecule has 21 heavy (non-hydrogen) atoms. The van der Waals surface area contributed by atoms with Crippen molar-refractivity contribution >= 4 is 5.69 Å². The first kappa shape index (κ1) is 16.3. The highest BCUT2D eigenvalue weighted by Gasteiger charge is 2.20. The van der Waals surface area contributed by atoms with E-state index in [0.29, 0.717) is 6.04 Å². The summed E-state index contributed by atoms with van der Waals surface area (Å²) in [7, 11) is 4.44. The zero-order chi connectivity index (χ0) is 15.4. The average Bonchev–Trinajstić information content (AvgIpc) is 2.82. The molecule has 1 N–H and O–H groups in total. The lowest BCUT2D eigenvalue weighted by atomic mass is 10.1. The fourth-order valence-electron chi connectivity index (χ4n) is 3.10. The van der Waals surface area contributed by atoms with Crippen molar-refractivity contribution in [3.05, 3.63) is 29.3 Å². The molecule has 1 fully saturated rings. The van der Waals surface area contributed by atoms with Gasteiger partial charge in [0, 0.05) is 38.4 Å². The van der Waals surface area contributed by atoms with Crippen LogP contribution in [0, 0.1) is 12.8 Å². The lowest BCUT2D eigenvalue weighted by molar-refractivity contribution is 0.396. The van der Waals surface area contributed by atoms with Crippen LogP contribution >= 0.6 is 0 Å². The zero-order valence-electron chi connectivity index (χ0n) is 14.3. The molecule has 0 saturated carbocycles. The van der Waals surface area contributed by atoms with E-state index < -0.39 is 0 Å². The van der Waals surface area contributed by atoms with Crippen molar-refractivity contribution in [2.75, 3.05) is 38.6 Å². The fourth-order valence-corrected chi connectivity index (χ4v) is 3.10. The monoisotopic (exact) mass is 289 g/mol. The van der Waals surface area contributed by atoms with E-state index in [2.05, 4.69) is 68.2 Å². The molecule has 1 aromatic rings. The van der Waals surface area contributed by atoms with Crippen molar-refractivity contribution in [2.45, 2.75) is 39.8 Å². The van der Waals surface area contributed by atoms with Crippen molar-refractivity contribution in [2.24, 2.45) is 5.92 Å². The van der Waals surface area contributed by atoms with Gasteiger partial charge in [-0.1, -0.05) is 19.9 Å². The summed E-state index contributed by atoms with van der Waals surface area (Å²) in [5.41, 5.74) is 4.13. The maximum Gasteiger partial charge on any atom is 0.0366 e. The number of nitrogens with one attached hydrogen (secondary N) is 1. The van der Waals surface area contributed by atoms with Crippen molar-refractivity contribution < 1.29 is 0 Å². The van der Waals surface area contributed by atoms with Gasteiger partial charge in [0.1, 0.15) is 0 Å². The lowest BCUT2D eigenvalue weighted by Gasteiger charge is -2.24. The highest BCUT2D eigenvalue weighted by molar-refractivity contribution is 5.50. The molecule has 0 aliphatic carbocycles. The molecule has 1 aliphatic rings. The molecule has 1 atom stereocenters. The minimum absolute atomic E-state index is 0.533. The topological polar surface area (TPSA) is 18.5 Å². The van der Waals surface area contributed by atoms with E-state index in [4.69, 9.17) is 0 Å². The third-order valence-electron chi connectivity index (χ3n) is 4.49. The minimum Gasteiger partial charge on any atom is -0.374 e. The first-order valence-electron chi connectivity index (χ1n) is 8.18. The number of aryl methyl sites for hydroxylation is 1. The second-order valence-electron chi connectivity index (χ2n) is 6.94. The molecule has 1 aromatic carbocycles. The molecule has 1 aliphatic heterocycles. The second-order valence-corrected chi connectivity index (χ2v) is 6.94. The molecule has 0 bridgehead atoms. The fraction of sp³-hybridized carbons (Fsp3) is 0.667. The Balaban J connectivity index is 1.95. The Hall–Kier alpha value is -1.06. The minimum atomic E-state index is 0.533. The molecular formula is C18H31N3. The summed E-state index contributed by atoms with van der Waals surface area (Å²) in [5.74, 6) is 0.808. The van der Waals surface area contributed by atoms with E-state index in [1.54, 1.807) is 0 Å². The maximum atomic E-state index is 3.50. The van der Waals surface area contributed by atoms with Gasteiger partial charge in [-0.3, -0.25) is 0 Å². The van der Waals surface area contributed by atoms with Crippen molar-refractivity contribution in [3.8, 4) is 0 Å². The van der Waals surface area contributed by atoms with Crippen LogP contribution in [0.4, 0.5) is 5.69 Å². The number of rotatable bonds is 6. The van der Waals surface area contributed by atoms with Crippen LogP contribution in [0.15, 0.2) is 18.2 Å². The van der Waals surface area contributed by atoms with E-state index >= 15 is 0 Å². The number of likely N-dealkylation sites (tertiary alicyclic amines) is 1. The summed E-state index contributed by atoms with van der Waals surface area (Å²) in [6.45, 7) is 11.2. The van der Waals surface area contributed by atoms with E-state index in [1.807, 2.05) is 0 Å². The van der Waals surface area contributed by atoms with Crippen LogP contribution in [0.25, 0.3) is 0 Å². The molecule has 0 aromatic heterocycles. The number of benzene rings is 1. The average molecular weight is 289 g/mol. The highest BCUT2D eigenvalue weighted by atomic mass is 15.1. The van der Waals surface area contributed by atoms with Crippen molar-refractivity contribution in [1.29, 1.82) is 0 Å². The summed E-state index contributed by atoms with van der Waals surface area (Å²) in [6.07, 6.45) is 1.33. The lowest BCUT2D eigenvalue weighted by Crippen LogP contribution is -2.27. The predicted octanol–water partition coefficient (Wildman–Crippen LogP) is 2.88. The Morgan fingerprint density at radius 2 is 2.14 bits per heavy atom. The second kappa shape index (κ2) is 7.28. The predicted molar refractivity (Wildman–Crippen MR) is 92.0 cm³/mol. The molecule has 3 heteroatoms. The van der Waals surface area contributed by atoms with Crippen LogP contribution in [0.2, 0.25) is 0 Å². The molecular weight excluding hydrogens is 258 g/mol. The first-order valence-corrected chi connectivity index (χ1v) is 8.18. The quantitative estimate of drug-likeness (QED) is 0.869. The van der Waals surface area contributed by atoms with Gasteiger partial charge in [-0.2, -0.15) is 0 Å². The number of anilines is 1. The highest BCUT2D eigenvalue weighted by Crippen LogP contribution is 2.22. The molecule has 1 heterocycles. The van der Waals surface area contributed by atoms with Crippen LogP contribution in [0.5, 0.6) is 0 Å². The molecule has 118 valence electrons. The smallest absolute Gasteiger partial charge is 0.0366 e. The van der Waals surface area contributed by atoms with Gasteiger partial charge in [-0.15, -0.1) is 0 Å². The van der Waals surface area contributed by atoms with Gasteiger partial charge in [0.2, 0.25) is 0 Å². The van der Waals surface area contributed by atoms with Gasteiger partial charge in [0.15, 0.2) is 0 Å². The van der Waals surface area contributed by atoms with E-state index in [0.717, 1.165) is 19.0 Å². The summed E-state index contributed by atoms with van der Waals surface area (Å²) >= 11 is 0. The third-order valence-corrected chi connectivity index (χ3v) is 4.49. The van der Waals surface area contributed by atoms with Gasteiger partial charge in [0.05, 0.1) is 0 Å². The van der Waals surface area contributed by atoms with E-state index in [9.17, 15) is 0 Å². The van der Waals surface area contributed by atoms with Gasteiger partial charge < -0.3 is 15.1 Å². The van der Waals surface area contributed by atoms with Crippen LogP contribution in [-0.2, 0) is 6.54 Å². The third kappa shape index (κ3) is 4.72. The largest absolute Gasteiger partial charge is 0.374 e. The van der Waals surface area contributed by atoms with Gasteiger partial charge in [-0.25, -0.2) is 0 Å². The molecule has 0 radical (unpaired) electrons. The van der Waals surface area contributed by atoms with Crippen LogP contribution < -0.4 is 10.2 Å². The Morgan fingerprint density at radius 3 is 2.71 bits per heavy atom. The molecule has 3 nitrogen and oxygen atoms in total. The normalized spacial score (nSPS) is 19.4. The van der Waals surface area contributed by atoms with Crippen LogP contribution in [0.1, 0.15) is 31.4 Å². The standard InChI is InChI=1S/C18H31N3/c1-14(2)19-11-17-6-7-18(10-15(17)3)21(5)13-16-8-9-20(4)12-16/h6-7,10,14,16,19H,8-9,11-13H2,1-5H3. The number of nitrogens with zero attached hydrogens (tertiary/aromatic N) is 2. The Bertz CT molecular complexity index is 456. The zero-order valence-corrected chi connectivity index (χ0v) is 14.3. The summed E-state index contributed by atoms with van der Waals surface area (Å²) in [5, 5.41) is 3.50. The molecule has 0 spiro atoms. The molecule has 1 saturated heterocycles.